The van der Waals surface area contributed by atoms with Crippen LogP contribution in [0.5, 0.6) is 0 Å². The molecule has 0 aliphatic heterocycles. The largest absolute Gasteiger partial charge is 0.299 e. The summed E-state index contributed by atoms with van der Waals surface area (Å²) in [5, 5.41) is 0.365. The van der Waals surface area contributed by atoms with Crippen LogP contribution in [0.2, 0.25) is 5.15 Å². The lowest BCUT2D eigenvalue weighted by atomic mass is 10.3. The summed E-state index contributed by atoms with van der Waals surface area (Å²) in [6.07, 6.45) is 2.11. The van der Waals surface area contributed by atoms with Gasteiger partial charge in [0.1, 0.15) is 5.15 Å². The summed E-state index contributed by atoms with van der Waals surface area (Å²) in [6.45, 7) is 4.04. The smallest absolute Gasteiger partial charge is 0.270 e. The summed E-state index contributed by atoms with van der Waals surface area (Å²) in [4.78, 5) is 3.85. The molecule has 5 nitrogen and oxygen atoms in total. The second-order valence-electron chi connectivity index (χ2n) is 3.33. The van der Waals surface area contributed by atoms with Crippen molar-refractivity contribution in [3.05, 3.63) is 23.0 Å². The molecular weight excluding hydrogens is 250 g/mol. The van der Waals surface area contributed by atoms with Crippen molar-refractivity contribution in [3.63, 3.8) is 0 Å². The molecule has 0 aromatic carbocycles. The molecule has 0 bridgehead atoms. The highest BCUT2D eigenvalue weighted by Gasteiger charge is 2.09. The first kappa shape index (κ1) is 13.2. The lowest BCUT2D eigenvalue weighted by Gasteiger charge is -2.09. The first-order chi connectivity index (χ1) is 7.44. The van der Waals surface area contributed by atoms with Crippen molar-refractivity contribution < 1.29 is 8.42 Å². The van der Waals surface area contributed by atoms with Gasteiger partial charge in [0.15, 0.2) is 0 Å². The number of nitrogens with one attached hydrogen (secondary N) is 2. The maximum atomic E-state index is 11.5. The standard InChI is InChI=1S/C9H14ClN3O2S/c1-3-4-12-16(14,15)13-8-5-7(2)9(10)11-6-8/h5-6,12-13H,3-4H2,1-2H3. The Balaban J connectivity index is 2.76. The third-order valence-corrected chi connectivity index (χ3v) is 3.29. The van der Waals surface area contributed by atoms with E-state index >= 15 is 0 Å². The van der Waals surface area contributed by atoms with Gasteiger partial charge in [-0.2, -0.15) is 13.1 Å². The van der Waals surface area contributed by atoms with Gasteiger partial charge in [0.05, 0.1) is 11.9 Å². The van der Waals surface area contributed by atoms with Crippen LogP contribution in [0.4, 0.5) is 5.69 Å². The molecule has 1 heterocycles. The van der Waals surface area contributed by atoms with Crippen molar-refractivity contribution in [1.82, 2.24) is 9.71 Å². The summed E-state index contributed by atoms with van der Waals surface area (Å²) < 4.78 is 27.7. The minimum Gasteiger partial charge on any atom is -0.270 e. The van der Waals surface area contributed by atoms with Crippen LogP contribution in [0.25, 0.3) is 0 Å². The molecule has 0 radical (unpaired) electrons. The van der Waals surface area contributed by atoms with Crippen LogP contribution in [-0.4, -0.2) is 19.9 Å². The number of pyridine rings is 1. The predicted octanol–water partition coefficient (Wildman–Crippen LogP) is 1.70. The van der Waals surface area contributed by atoms with E-state index in [0.29, 0.717) is 17.4 Å². The van der Waals surface area contributed by atoms with E-state index in [0.717, 1.165) is 12.0 Å². The Bertz CT molecular complexity index is 462. The van der Waals surface area contributed by atoms with E-state index in [2.05, 4.69) is 14.4 Å². The van der Waals surface area contributed by atoms with Crippen molar-refractivity contribution >= 4 is 27.5 Å². The fourth-order valence-corrected chi connectivity index (χ4v) is 2.11. The Morgan fingerprint density at radius 2 is 2.19 bits per heavy atom. The Morgan fingerprint density at radius 1 is 1.50 bits per heavy atom. The third-order valence-electron chi connectivity index (χ3n) is 1.81. The van der Waals surface area contributed by atoms with Gasteiger partial charge in [-0.25, -0.2) is 4.98 Å². The van der Waals surface area contributed by atoms with E-state index in [1.165, 1.54) is 6.20 Å². The summed E-state index contributed by atoms with van der Waals surface area (Å²) in [6, 6.07) is 1.63. The zero-order valence-electron chi connectivity index (χ0n) is 9.12. The molecule has 0 saturated carbocycles. The summed E-state index contributed by atoms with van der Waals surface area (Å²) >= 11 is 5.73. The molecule has 1 aromatic heterocycles. The second kappa shape index (κ2) is 5.47. The molecule has 0 atom stereocenters. The highest BCUT2D eigenvalue weighted by molar-refractivity contribution is 7.90. The van der Waals surface area contributed by atoms with Gasteiger partial charge >= 0.3 is 0 Å². The van der Waals surface area contributed by atoms with E-state index in [1.807, 2.05) is 6.92 Å². The van der Waals surface area contributed by atoms with Crippen LogP contribution in [0.15, 0.2) is 12.3 Å². The first-order valence-electron chi connectivity index (χ1n) is 4.84. The maximum absolute atomic E-state index is 11.5. The van der Waals surface area contributed by atoms with E-state index < -0.39 is 10.2 Å². The number of hydrogen-bond donors (Lipinski definition) is 2. The Morgan fingerprint density at radius 3 is 2.75 bits per heavy atom. The van der Waals surface area contributed by atoms with Crippen LogP contribution in [0, 0.1) is 6.92 Å². The molecule has 0 spiro atoms. The quantitative estimate of drug-likeness (QED) is 0.795. The first-order valence-corrected chi connectivity index (χ1v) is 6.70. The summed E-state index contributed by atoms with van der Waals surface area (Å²) in [5.41, 5.74) is 1.11. The van der Waals surface area contributed by atoms with Crippen LogP contribution in [-0.2, 0) is 10.2 Å². The molecule has 90 valence electrons. The monoisotopic (exact) mass is 263 g/mol. The van der Waals surface area contributed by atoms with Crippen LogP contribution >= 0.6 is 11.6 Å². The normalized spacial score (nSPS) is 11.4. The fraction of sp³-hybridized carbons (Fsp3) is 0.444. The highest BCUT2D eigenvalue weighted by atomic mass is 35.5. The Hall–Kier alpha value is -0.850. The number of anilines is 1. The van der Waals surface area contributed by atoms with Crippen LogP contribution in [0.1, 0.15) is 18.9 Å². The minimum atomic E-state index is -3.51. The van der Waals surface area contributed by atoms with Crippen molar-refractivity contribution in [2.24, 2.45) is 0 Å². The van der Waals surface area contributed by atoms with Crippen molar-refractivity contribution in [2.75, 3.05) is 11.3 Å². The van der Waals surface area contributed by atoms with Gasteiger partial charge in [0.25, 0.3) is 10.2 Å². The summed E-state index contributed by atoms with van der Waals surface area (Å²) in [5.74, 6) is 0. The minimum absolute atomic E-state index is 0.365. The molecule has 0 fully saturated rings. The van der Waals surface area contributed by atoms with Gasteiger partial charge in [-0.1, -0.05) is 18.5 Å². The van der Waals surface area contributed by atoms with Crippen LogP contribution < -0.4 is 9.44 Å². The third kappa shape index (κ3) is 3.96. The molecule has 16 heavy (non-hydrogen) atoms. The lowest BCUT2D eigenvalue weighted by molar-refractivity contribution is 0.586. The van der Waals surface area contributed by atoms with E-state index in [4.69, 9.17) is 11.6 Å². The number of nitrogens with zero attached hydrogens (tertiary/aromatic N) is 1. The van der Waals surface area contributed by atoms with Gasteiger partial charge in [-0.05, 0) is 25.0 Å². The molecule has 1 aromatic rings. The van der Waals surface area contributed by atoms with Gasteiger partial charge in [-0.15, -0.1) is 0 Å². The van der Waals surface area contributed by atoms with Gasteiger partial charge in [-0.3, -0.25) is 4.72 Å². The molecule has 0 aliphatic carbocycles. The van der Waals surface area contributed by atoms with Gasteiger partial charge < -0.3 is 0 Å². The van der Waals surface area contributed by atoms with Crippen LogP contribution in [0.3, 0.4) is 0 Å². The van der Waals surface area contributed by atoms with E-state index in [9.17, 15) is 8.42 Å². The molecule has 0 aliphatic rings. The molecule has 2 N–H and O–H groups in total. The average Bonchev–Trinajstić information content (AvgIpc) is 2.20. The highest BCUT2D eigenvalue weighted by Crippen LogP contribution is 2.16. The number of rotatable bonds is 5. The number of aromatic nitrogens is 1. The lowest BCUT2D eigenvalue weighted by Crippen LogP contribution is -2.30. The number of hydrogen-bond acceptors (Lipinski definition) is 3. The van der Waals surface area contributed by atoms with Gasteiger partial charge in [0.2, 0.25) is 0 Å². The molecule has 0 saturated heterocycles. The number of halogens is 1. The van der Waals surface area contributed by atoms with E-state index in [1.54, 1.807) is 13.0 Å². The Labute approximate surface area is 100 Å². The molecule has 0 amide bonds. The van der Waals surface area contributed by atoms with Gasteiger partial charge in [0, 0.05) is 6.54 Å². The molecule has 1 rings (SSSR count). The second-order valence-corrected chi connectivity index (χ2v) is 5.19. The van der Waals surface area contributed by atoms with Crippen molar-refractivity contribution in [1.29, 1.82) is 0 Å². The zero-order chi connectivity index (χ0) is 12.2. The predicted molar refractivity (Wildman–Crippen MR) is 64.8 cm³/mol. The maximum Gasteiger partial charge on any atom is 0.299 e. The zero-order valence-corrected chi connectivity index (χ0v) is 10.7. The summed E-state index contributed by atoms with van der Waals surface area (Å²) in [7, 11) is -3.51. The number of aryl methyl sites for hydroxylation is 1. The Kier molecular flexibility index (Phi) is 4.52. The fourth-order valence-electron chi connectivity index (χ4n) is 1.04. The molecule has 7 heteroatoms. The average molecular weight is 264 g/mol. The van der Waals surface area contributed by atoms with Crippen molar-refractivity contribution in [3.8, 4) is 0 Å². The van der Waals surface area contributed by atoms with Crippen molar-refractivity contribution in [2.45, 2.75) is 20.3 Å². The molecule has 0 unspecified atom stereocenters. The molecular formula is C9H14ClN3O2S. The topological polar surface area (TPSA) is 71.1 Å². The SMILES string of the molecule is CCCNS(=O)(=O)Nc1cnc(Cl)c(C)c1. The van der Waals surface area contributed by atoms with E-state index in [-0.39, 0.29) is 0 Å².